The Kier molecular flexibility index (Phi) is 6.31. The minimum atomic E-state index is -0.368. The molecule has 2 rings (SSSR count). The molecule has 1 atom stereocenters. The molecule has 5 nitrogen and oxygen atoms in total. The molecule has 1 heterocycles. The molecule has 1 aromatic rings. The molecule has 1 aromatic carbocycles. The number of carbonyl (C=O) groups is 2. The first kappa shape index (κ1) is 18.4. The number of thioether (sulfide) groups is 1. The standard InChI is InChI=1S/C18H24N2O3S/c1-13(9-14-7-5-6-8-16(14)23-4)10-17(21)20-12-24-11-15(20)18(22)19(2)3/h5-8,10,15H,9,11-12H2,1-4H3/b13-10-/t15-/m1/s1. The number of para-hydroxylation sites is 1. The predicted octanol–water partition coefficient (Wildman–Crippen LogP) is 2.17. The number of likely N-dealkylation sites (N-methyl/N-ethyl adjacent to an activating group) is 1. The topological polar surface area (TPSA) is 49.9 Å². The van der Waals surface area contributed by atoms with Crippen molar-refractivity contribution in [2.45, 2.75) is 19.4 Å². The molecule has 0 bridgehead atoms. The molecule has 1 aliphatic heterocycles. The fourth-order valence-corrected chi connectivity index (χ4v) is 3.81. The monoisotopic (exact) mass is 348 g/mol. The summed E-state index contributed by atoms with van der Waals surface area (Å²) in [6, 6.07) is 7.41. The fourth-order valence-electron chi connectivity index (χ4n) is 2.66. The highest BCUT2D eigenvalue weighted by atomic mass is 32.2. The van der Waals surface area contributed by atoms with Crippen molar-refractivity contribution >= 4 is 23.6 Å². The molecule has 0 radical (unpaired) electrons. The van der Waals surface area contributed by atoms with E-state index in [-0.39, 0.29) is 17.9 Å². The highest BCUT2D eigenvalue weighted by Crippen LogP contribution is 2.24. The highest BCUT2D eigenvalue weighted by Gasteiger charge is 2.34. The van der Waals surface area contributed by atoms with Gasteiger partial charge in [0.05, 0.1) is 13.0 Å². The Hall–Kier alpha value is -1.95. The van der Waals surface area contributed by atoms with Crippen molar-refractivity contribution in [3.8, 4) is 5.75 Å². The lowest BCUT2D eigenvalue weighted by atomic mass is 10.0. The van der Waals surface area contributed by atoms with E-state index in [9.17, 15) is 9.59 Å². The van der Waals surface area contributed by atoms with Crippen LogP contribution < -0.4 is 4.74 Å². The van der Waals surface area contributed by atoms with Crippen LogP contribution in [0, 0.1) is 0 Å². The molecule has 0 N–H and O–H groups in total. The van der Waals surface area contributed by atoms with Crippen LogP contribution in [0.1, 0.15) is 12.5 Å². The van der Waals surface area contributed by atoms with Gasteiger partial charge in [0.1, 0.15) is 11.8 Å². The summed E-state index contributed by atoms with van der Waals surface area (Å²) < 4.78 is 5.35. The number of benzene rings is 1. The average Bonchev–Trinajstić information content (AvgIpc) is 3.04. The van der Waals surface area contributed by atoms with Gasteiger partial charge in [0.25, 0.3) is 0 Å². The van der Waals surface area contributed by atoms with Crippen LogP contribution in [0.5, 0.6) is 5.75 Å². The summed E-state index contributed by atoms with van der Waals surface area (Å²) in [6.07, 6.45) is 2.28. The molecule has 130 valence electrons. The van der Waals surface area contributed by atoms with E-state index in [4.69, 9.17) is 4.74 Å². The van der Waals surface area contributed by atoms with Crippen LogP contribution in [-0.2, 0) is 16.0 Å². The van der Waals surface area contributed by atoms with Gasteiger partial charge in [0.2, 0.25) is 11.8 Å². The number of rotatable bonds is 5. The van der Waals surface area contributed by atoms with Gasteiger partial charge in [0.15, 0.2) is 0 Å². The minimum Gasteiger partial charge on any atom is -0.496 e. The van der Waals surface area contributed by atoms with Crippen LogP contribution >= 0.6 is 11.8 Å². The van der Waals surface area contributed by atoms with Crippen molar-refractivity contribution in [2.75, 3.05) is 32.8 Å². The Bertz CT molecular complexity index is 643. The lowest BCUT2D eigenvalue weighted by Gasteiger charge is -2.24. The molecule has 0 unspecified atom stereocenters. The number of ether oxygens (including phenoxy) is 1. The maximum Gasteiger partial charge on any atom is 0.247 e. The zero-order chi connectivity index (χ0) is 17.7. The Labute approximate surface area is 147 Å². The summed E-state index contributed by atoms with van der Waals surface area (Å²) >= 11 is 1.61. The van der Waals surface area contributed by atoms with E-state index in [1.54, 1.807) is 48.8 Å². The molecule has 0 saturated carbocycles. The SMILES string of the molecule is COc1ccccc1C/C(C)=C\C(=O)N1CSC[C@@H]1C(=O)N(C)C. The second-order valence-corrected chi connectivity index (χ2v) is 7.04. The Morgan fingerprint density at radius 3 is 2.75 bits per heavy atom. The van der Waals surface area contributed by atoms with Crippen molar-refractivity contribution in [3.05, 3.63) is 41.5 Å². The largest absolute Gasteiger partial charge is 0.496 e. The molecular weight excluding hydrogens is 324 g/mol. The summed E-state index contributed by atoms with van der Waals surface area (Å²) in [7, 11) is 5.08. The lowest BCUT2D eigenvalue weighted by Crippen LogP contribution is -2.46. The van der Waals surface area contributed by atoms with Crippen LogP contribution in [-0.4, -0.2) is 60.5 Å². The first-order valence-electron chi connectivity index (χ1n) is 7.82. The molecule has 1 saturated heterocycles. The minimum absolute atomic E-state index is 0.0240. The summed E-state index contributed by atoms with van der Waals surface area (Å²) in [4.78, 5) is 28.0. The smallest absolute Gasteiger partial charge is 0.247 e. The normalized spacial score (nSPS) is 17.8. The van der Waals surface area contributed by atoms with Crippen molar-refractivity contribution in [3.63, 3.8) is 0 Å². The van der Waals surface area contributed by atoms with Crippen LogP contribution in [0.2, 0.25) is 0 Å². The van der Waals surface area contributed by atoms with Gasteiger partial charge < -0.3 is 14.5 Å². The van der Waals surface area contributed by atoms with Gasteiger partial charge in [-0.05, 0) is 25.0 Å². The van der Waals surface area contributed by atoms with Crippen LogP contribution in [0.4, 0.5) is 0 Å². The number of allylic oxidation sites excluding steroid dienone is 1. The van der Waals surface area contributed by atoms with E-state index >= 15 is 0 Å². The van der Waals surface area contributed by atoms with Crippen LogP contribution in [0.25, 0.3) is 0 Å². The van der Waals surface area contributed by atoms with Crippen molar-refractivity contribution in [1.82, 2.24) is 9.80 Å². The third-order valence-electron chi connectivity index (χ3n) is 3.92. The average molecular weight is 348 g/mol. The Morgan fingerprint density at radius 2 is 2.08 bits per heavy atom. The third-order valence-corrected chi connectivity index (χ3v) is 4.94. The number of methoxy groups -OCH3 is 1. The van der Waals surface area contributed by atoms with E-state index in [0.29, 0.717) is 18.1 Å². The summed E-state index contributed by atoms with van der Waals surface area (Å²) in [5.41, 5.74) is 1.98. The number of amides is 2. The molecule has 2 amide bonds. The first-order chi connectivity index (χ1) is 11.4. The van der Waals surface area contributed by atoms with Crippen molar-refractivity contribution in [2.24, 2.45) is 0 Å². The van der Waals surface area contributed by atoms with Gasteiger partial charge >= 0.3 is 0 Å². The van der Waals surface area contributed by atoms with Gasteiger partial charge in [-0.1, -0.05) is 23.8 Å². The molecule has 1 fully saturated rings. The second kappa shape index (κ2) is 8.24. The first-order valence-corrected chi connectivity index (χ1v) is 8.98. The van der Waals surface area contributed by atoms with Gasteiger partial charge in [-0.3, -0.25) is 9.59 Å². The molecule has 1 aliphatic rings. The van der Waals surface area contributed by atoms with E-state index in [0.717, 1.165) is 16.9 Å². The molecule has 0 spiro atoms. The quantitative estimate of drug-likeness (QED) is 0.765. The van der Waals surface area contributed by atoms with E-state index < -0.39 is 0 Å². The van der Waals surface area contributed by atoms with Gasteiger partial charge in [-0.25, -0.2) is 0 Å². The van der Waals surface area contributed by atoms with Gasteiger partial charge in [0, 0.05) is 25.9 Å². The van der Waals surface area contributed by atoms with E-state index in [1.807, 2.05) is 31.2 Å². The van der Waals surface area contributed by atoms with Gasteiger partial charge in [-0.15, -0.1) is 11.8 Å². The van der Waals surface area contributed by atoms with Crippen LogP contribution in [0.3, 0.4) is 0 Å². The summed E-state index contributed by atoms with van der Waals surface area (Å²) in [5, 5.41) is 0. The molecule has 6 heteroatoms. The van der Waals surface area contributed by atoms with Crippen molar-refractivity contribution < 1.29 is 14.3 Å². The fraction of sp³-hybridized carbons (Fsp3) is 0.444. The molecular formula is C18H24N2O3S. The third kappa shape index (κ3) is 4.32. The maximum atomic E-state index is 12.6. The summed E-state index contributed by atoms with van der Waals surface area (Å²) in [5.74, 6) is 1.90. The van der Waals surface area contributed by atoms with Crippen LogP contribution in [0.15, 0.2) is 35.9 Å². The number of hydrogen-bond donors (Lipinski definition) is 0. The molecule has 0 aliphatic carbocycles. The van der Waals surface area contributed by atoms with Crippen molar-refractivity contribution in [1.29, 1.82) is 0 Å². The number of carbonyl (C=O) groups excluding carboxylic acids is 2. The Balaban J connectivity index is 2.09. The highest BCUT2D eigenvalue weighted by molar-refractivity contribution is 7.99. The number of nitrogens with zero attached hydrogens (tertiary/aromatic N) is 2. The Morgan fingerprint density at radius 1 is 1.38 bits per heavy atom. The second-order valence-electron chi connectivity index (χ2n) is 6.04. The predicted molar refractivity (Wildman–Crippen MR) is 97.1 cm³/mol. The lowest BCUT2D eigenvalue weighted by molar-refractivity contribution is -0.139. The maximum absolute atomic E-state index is 12.6. The zero-order valence-electron chi connectivity index (χ0n) is 14.6. The van der Waals surface area contributed by atoms with Gasteiger partial charge in [-0.2, -0.15) is 0 Å². The zero-order valence-corrected chi connectivity index (χ0v) is 15.4. The number of hydrogen-bond acceptors (Lipinski definition) is 4. The summed E-state index contributed by atoms with van der Waals surface area (Å²) in [6.45, 7) is 1.93. The molecule has 0 aromatic heterocycles. The molecule has 24 heavy (non-hydrogen) atoms. The van der Waals surface area contributed by atoms with E-state index in [2.05, 4.69) is 0 Å². The van der Waals surface area contributed by atoms with E-state index in [1.165, 1.54) is 0 Å².